The van der Waals surface area contributed by atoms with E-state index in [1.807, 2.05) is 31.2 Å². The maximum Gasteiger partial charge on any atom is 0.270 e. The summed E-state index contributed by atoms with van der Waals surface area (Å²) in [5, 5.41) is 2.98. The van der Waals surface area contributed by atoms with Crippen LogP contribution < -0.4 is 5.32 Å². The van der Waals surface area contributed by atoms with Gasteiger partial charge in [0.15, 0.2) is 0 Å². The van der Waals surface area contributed by atoms with E-state index < -0.39 is 10.0 Å². The highest BCUT2D eigenvalue weighted by molar-refractivity contribution is 7.89. The molecule has 178 valence electrons. The van der Waals surface area contributed by atoms with Crippen LogP contribution in [0.4, 0.5) is 0 Å². The van der Waals surface area contributed by atoms with Gasteiger partial charge in [0, 0.05) is 51.9 Å². The van der Waals surface area contributed by atoms with E-state index in [1.54, 1.807) is 16.5 Å². The second-order valence-electron chi connectivity index (χ2n) is 9.06. The number of hydrogen-bond donors (Lipinski definition) is 1. The third-order valence-electron chi connectivity index (χ3n) is 6.60. The SMILES string of the molecule is Cc1cccc(CNC(=O)C2CCN(S(=O)(=O)c3cc(C(=O)N4CCCC4)n(C)c3)CC2)c1. The zero-order valence-corrected chi connectivity index (χ0v) is 20.1. The number of carbonyl (C=O) groups excluding carboxylic acids is 2. The van der Waals surface area contributed by atoms with Crippen molar-refractivity contribution < 1.29 is 18.0 Å². The average molecular weight is 473 g/mol. The molecule has 0 saturated carbocycles. The Morgan fingerprint density at radius 2 is 1.76 bits per heavy atom. The maximum atomic E-state index is 13.2. The van der Waals surface area contributed by atoms with Gasteiger partial charge in [-0.25, -0.2) is 8.42 Å². The first kappa shape index (κ1) is 23.5. The summed E-state index contributed by atoms with van der Waals surface area (Å²) in [6.07, 6.45) is 4.43. The fourth-order valence-electron chi connectivity index (χ4n) is 4.63. The number of sulfonamides is 1. The Morgan fingerprint density at radius 3 is 2.42 bits per heavy atom. The fraction of sp³-hybridized carbons (Fsp3) is 0.500. The summed E-state index contributed by atoms with van der Waals surface area (Å²) in [4.78, 5) is 27.2. The van der Waals surface area contributed by atoms with Crippen molar-refractivity contribution >= 4 is 21.8 Å². The van der Waals surface area contributed by atoms with Crippen molar-refractivity contribution in [2.45, 2.75) is 44.0 Å². The van der Waals surface area contributed by atoms with E-state index in [0.29, 0.717) is 38.2 Å². The number of aromatic nitrogens is 1. The lowest BCUT2D eigenvalue weighted by Gasteiger charge is -2.30. The standard InChI is InChI=1S/C24H32N4O4S/c1-18-6-5-7-19(14-18)16-25-23(29)20-8-12-28(13-9-20)33(31,32)21-15-22(26(2)17-21)24(30)27-10-3-4-11-27/h5-7,14-15,17,20H,3-4,8-13,16H2,1-2H3,(H,25,29). The van der Waals surface area contributed by atoms with Gasteiger partial charge in [-0.1, -0.05) is 29.8 Å². The molecule has 0 radical (unpaired) electrons. The molecular formula is C24H32N4O4S. The van der Waals surface area contributed by atoms with Crippen LogP contribution in [0.5, 0.6) is 0 Å². The molecule has 3 heterocycles. The highest BCUT2D eigenvalue weighted by atomic mass is 32.2. The summed E-state index contributed by atoms with van der Waals surface area (Å²) in [5.74, 6) is -0.364. The van der Waals surface area contributed by atoms with E-state index in [-0.39, 0.29) is 35.7 Å². The van der Waals surface area contributed by atoms with Crippen molar-refractivity contribution in [3.05, 3.63) is 53.3 Å². The van der Waals surface area contributed by atoms with Crippen LogP contribution in [0.25, 0.3) is 0 Å². The molecule has 2 fully saturated rings. The van der Waals surface area contributed by atoms with Crippen LogP contribution in [0, 0.1) is 12.8 Å². The van der Waals surface area contributed by atoms with Gasteiger partial charge in [-0.3, -0.25) is 9.59 Å². The molecule has 4 rings (SSSR count). The second kappa shape index (κ2) is 9.69. The van der Waals surface area contributed by atoms with Gasteiger partial charge >= 0.3 is 0 Å². The smallest absolute Gasteiger partial charge is 0.270 e. The highest BCUT2D eigenvalue weighted by Gasteiger charge is 2.34. The number of nitrogens with zero attached hydrogens (tertiary/aromatic N) is 3. The van der Waals surface area contributed by atoms with Crippen LogP contribution in [-0.4, -0.2) is 60.2 Å². The molecule has 2 amide bonds. The van der Waals surface area contributed by atoms with Gasteiger partial charge in [0.2, 0.25) is 15.9 Å². The number of carbonyl (C=O) groups is 2. The minimum absolute atomic E-state index is 0.0354. The van der Waals surface area contributed by atoms with Gasteiger partial charge in [-0.05, 0) is 44.2 Å². The molecule has 2 aliphatic rings. The van der Waals surface area contributed by atoms with Gasteiger partial charge in [0.25, 0.3) is 5.91 Å². The Hall–Kier alpha value is -2.65. The number of rotatable bonds is 6. The lowest BCUT2D eigenvalue weighted by atomic mass is 9.97. The summed E-state index contributed by atoms with van der Waals surface area (Å²) >= 11 is 0. The van der Waals surface area contributed by atoms with Crippen LogP contribution in [-0.2, 0) is 28.4 Å². The fourth-order valence-corrected chi connectivity index (χ4v) is 6.17. The maximum absolute atomic E-state index is 13.2. The van der Waals surface area contributed by atoms with Crippen molar-refractivity contribution in [1.29, 1.82) is 0 Å². The number of hydrogen-bond acceptors (Lipinski definition) is 4. The van der Waals surface area contributed by atoms with Gasteiger partial charge in [0.1, 0.15) is 10.6 Å². The number of piperidine rings is 1. The van der Waals surface area contributed by atoms with Gasteiger partial charge in [-0.15, -0.1) is 0 Å². The van der Waals surface area contributed by atoms with Crippen molar-refractivity contribution in [2.24, 2.45) is 13.0 Å². The number of likely N-dealkylation sites (tertiary alicyclic amines) is 1. The minimum Gasteiger partial charge on any atom is -0.352 e. The minimum atomic E-state index is -3.72. The van der Waals surface area contributed by atoms with Crippen LogP contribution in [0.2, 0.25) is 0 Å². The van der Waals surface area contributed by atoms with E-state index in [4.69, 9.17) is 0 Å². The van der Waals surface area contributed by atoms with E-state index in [2.05, 4.69) is 5.32 Å². The van der Waals surface area contributed by atoms with Crippen molar-refractivity contribution in [2.75, 3.05) is 26.2 Å². The first-order valence-corrected chi connectivity index (χ1v) is 13.0. The molecule has 2 aliphatic heterocycles. The van der Waals surface area contributed by atoms with Gasteiger partial charge in [0.05, 0.1) is 0 Å². The number of benzene rings is 1. The van der Waals surface area contributed by atoms with Crippen molar-refractivity contribution in [3.63, 3.8) is 0 Å². The Balaban J connectivity index is 1.35. The molecule has 0 bridgehead atoms. The van der Waals surface area contributed by atoms with Crippen molar-refractivity contribution in [1.82, 2.24) is 19.1 Å². The average Bonchev–Trinajstić information content (AvgIpc) is 3.48. The molecule has 1 aromatic heterocycles. The molecule has 33 heavy (non-hydrogen) atoms. The molecule has 0 atom stereocenters. The van der Waals surface area contributed by atoms with Crippen LogP contribution in [0.3, 0.4) is 0 Å². The summed E-state index contributed by atoms with van der Waals surface area (Å²) < 4.78 is 29.4. The molecule has 0 spiro atoms. The van der Waals surface area contributed by atoms with Gasteiger partial charge in [-0.2, -0.15) is 4.31 Å². The van der Waals surface area contributed by atoms with Crippen LogP contribution in [0.15, 0.2) is 41.4 Å². The molecule has 2 saturated heterocycles. The van der Waals surface area contributed by atoms with E-state index in [1.165, 1.54) is 16.6 Å². The first-order chi connectivity index (χ1) is 15.8. The zero-order chi connectivity index (χ0) is 23.6. The lowest BCUT2D eigenvalue weighted by Crippen LogP contribution is -2.42. The monoisotopic (exact) mass is 472 g/mol. The van der Waals surface area contributed by atoms with E-state index >= 15 is 0 Å². The molecule has 0 unspecified atom stereocenters. The molecule has 8 nitrogen and oxygen atoms in total. The van der Waals surface area contributed by atoms with Gasteiger partial charge < -0.3 is 14.8 Å². The summed E-state index contributed by atoms with van der Waals surface area (Å²) in [6, 6.07) is 9.48. The molecule has 9 heteroatoms. The third-order valence-corrected chi connectivity index (χ3v) is 8.47. The molecule has 0 aliphatic carbocycles. The van der Waals surface area contributed by atoms with Crippen molar-refractivity contribution in [3.8, 4) is 0 Å². The van der Waals surface area contributed by atoms with E-state index in [9.17, 15) is 18.0 Å². The number of amides is 2. The first-order valence-electron chi connectivity index (χ1n) is 11.5. The van der Waals surface area contributed by atoms with Crippen LogP contribution >= 0.6 is 0 Å². The summed E-state index contributed by atoms with van der Waals surface area (Å²) in [6.45, 7) is 4.48. The van der Waals surface area contributed by atoms with E-state index in [0.717, 1.165) is 24.0 Å². The molecule has 1 N–H and O–H groups in total. The molecule has 1 aromatic carbocycles. The Bertz CT molecular complexity index is 1130. The Labute approximate surface area is 195 Å². The highest BCUT2D eigenvalue weighted by Crippen LogP contribution is 2.26. The predicted octanol–water partition coefficient (Wildman–Crippen LogP) is 2.29. The zero-order valence-electron chi connectivity index (χ0n) is 19.3. The predicted molar refractivity (Wildman–Crippen MR) is 125 cm³/mol. The quantitative estimate of drug-likeness (QED) is 0.698. The normalized spacial score (nSPS) is 17.9. The second-order valence-corrected chi connectivity index (χ2v) is 11.0. The largest absolute Gasteiger partial charge is 0.352 e. The summed E-state index contributed by atoms with van der Waals surface area (Å²) in [5.41, 5.74) is 2.58. The number of nitrogens with one attached hydrogen (secondary N) is 1. The topological polar surface area (TPSA) is 91.7 Å². The Morgan fingerprint density at radius 1 is 1.06 bits per heavy atom. The number of aryl methyl sites for hydroxylation is 2. The molecule has 2 aromatic rings. The Kier molecular flexibility index (Phi) is 6.90. The van der Waals surface area contributed by atoms with Crippen LogP contribution in [0.1, 0.15) is 47.3 Å². The lowest BCUT2D eigenvalue weighted by molar-refractivity contribution is -0.126. The third kappa shape index (κ3) is 5.14. The summed E-state index contributed by atoms with van der Waals surface area (Å²) in [7, 11) is -2.02. The molecular weight excluding hydrogens is 440 g/mol.